The molecule has 0 aliphatic heterocycles. The summed E-state index contributed by atoms with van der Waals surface area (Å²) >= 11 is 2.33. The Morgan fingerprint density at radius 3 is 2.66 bits per heavy atom. The number of hydrogen-bond acceptors (Lipinski definition) is 8. The van der Waals surface area contributed by atoms with E-state index in [-0.39, 0.29) is 17.5 Å². The van der Waals surface area contributed by atoms with Crippen molar-refractivity contribution >= 4 is 46.1 Å². The molecule has 0 saturated carbocycles. The number of aromatic nitrogens is 6. The van der Waals surface area contributed by atoms with Gasteiger partial charge in [-0.15, -0.1) is 10.2 Å². The summed E-state index contributed by atoms with van der Waals surface area (Å²) in [4.78, 5) is 16.7. The predicted molar refractivity (Wildman–Crippen MR) is 121 cm³/mol. The van der Waals surface area contributed by atoms with Crippen LogP contribution in [0.4, 0.5) is 10.1 Å². The van der Waals surface area contributed by atoms with Crippen LogP contribution in [-0.2, 0) is 4.79 Å². The maximum absolute atomic E-state index is 13.5. The minimum absolute atomic E-state index is 0.101. The molecule has 0 aliphatic carbocycles. The van der Waals surface area contributed by atoms with E-state index >= 15 is 0 Å². The molecule has 0 unspecified atom stereocenters. The average Bonchev–Trinajstić information content (AvgIpc) is 3.47. The molecule has 1 amide bonds. The van der Waals surface area contributed by atoms with E-state index in [0.29, 0.717) is 27.9 Å². The smallest absolute Gasteiger partial charge is 0.234 e. The number of nitrogens with zero attached hydrogens (tertiary/aromatic N) is 6. The molecule has 0 saturated heterocycles. The van der Waals surface area contributed by atoms with Gasteiger partial charge in [-0.25, -0.2) is 4.39 Å². The fourth-order valence-electron chi connectivity index (χ4n) is 3.10. The summed E-state index contributed by atoms with van der Waals surface area (Å²) in [7, 11) is 0. The lowest BCUT2D eigenvalue weighted by molar-refractivity contribution is -0.113. The standard InChI is InChI=1S/C21H14FN7OS2/c22-14-4-6-15(7-5-14)29-20(13-8-10-23-11-9-13)25-26-21(29)31-12-18(30)24-16-2-1-3-17-19(16)28-32-27-17/h1-11H,12H2,(H,24,30). The molecule has 5 aromatic rings. The molecule has 5 rings (SSSR count). The number of nitrogens with one attached hydrogen (secondary N) is 1. The van der Waals surface area contributed by atoms with Crippen LogP contribution in [-0.4, -0.2) is 40.2 Å². The highest BCUT2D eigenvalue weighted by Gasteiger charge is 2.18. The number of anilines is 1. The second kappa shape index (κ2) is 8.81. The van der Waals surface area contributed by atoms with Crippen LogP contribution < -0.4 is 5.32 Å². The molecule has 2 aromatic carbocycles. The van der Waals surface area contributed by atoms with Crippen molar-refractivity contribution in [3.05, 3.63) is 72.8 Å². The number of amides is 1. The van der Waals surface area contributed by atoms with Gasteiger partial charge in [-0.3, -0.25) is 14.3 Å². The summed E-state index contributed by atoms with van der Waals surface area (Å²) < 4.78 is 23.7. The highest BCUT2D eigenvalue weighted by molar-refractivity contribution is 7.99. The lowest BCUT2D eigenvalue weighted by Crippen LogP contribution is -2.15. The van der Waals surface area contributed by atoms with Crippen molar-refractivity contribution in [1.82, 2.24) is 28.5 Å². The number of rotatable bonds is 6. The Hall–Kier alpha value is -3.70. The zero-order valence-electron chi connectivity index (χ0n) is 16.3. The van der Waals surface area contributed by atoms with Crippen LogP contribution in [0.2, 0.25) is 0 Å². The monoisotopic (exact) mass is 463 g/mol. The Labute approximate surface area is 189 Å². The summed E-state index contributed by atoms with van der Waals surface area (Å²) in [5.74, 6) is 0.116. The number of halogens is 1. The van der Waals surface area contributed by atoms with Gasteiger partial charge in [-0.05, 0) is 48.5 Å². The van der Waals surface area contributed by atoms with Crippen LogP contribution in [0.15, 0.2) is 72.1 Å². The highest BCUT2D eigenvalue weighted by Crippen LogP contribution is 2.28. The summed E-state index contributed by atoms with van der Waals surface area (Å²) in [5, 5.41) is 12.0. The van der Waals surface area contributed by atoms with Gasteiger partial charge in [0.25, 0.3) is 0 Å². The second-order valence-corrected chi connectivity index (χ2v) is 8.10. The molecule has 3 aromatic heterocycles. The molecule has 0 atom stereocenters. The quantitative estimate of drug-likeness (QED) is 0.377. The summed E-state index contributed by atoms with van der Waals surface area (Å²) in [6, 6.07) is 15.1. The van der Waals surface area contributed by atoms with Crippen LogP contribution in [0.3, 0.4) is 0 Å². The van der Waals surface area contributed by atoms with E-state index in [1.165, 1.54) is 23.9 Å². The van der Waals surface area contributed by atoms with E-state index in [4.69, 9.17) is 0 Å². The van der Waals surface area contributed by atoms with Crippen LogP contribution in [0.25, 0.3) is 28.1 Å². The van der Waals surface area contributed by atoms with Gasteiger partial charge in [0.1, 0.15) is 16.9 Å². The predicted octanol–water partition coefficient (Wildman–Crippen LogP) is 4.20. The first-order valence-corrected chi connectivity index (χ1v) is 11.2. The number of fused-ring (bicyclic) bond motifs is 1. The normalized spacial score (nSPS) is 11.0. The molecule has 158 valence electrons. The third-order valence-corrected chi connectivity index (χ3v) is 6.02. The van der Waals surface area contributed by atoms with Crippen LogP contribution in [0.1, 0.15) is 0 Å². The molecule has 11 heteroatoms. The molecule has 0 aliphatic rings. The van der Waals surface area contributed by atoms with E-state index in [0.717, 1.165) is 22.8 Å². The van der Waals surface area contributed by atoms with E-state index in [9.17, 15) is 9.18 Å². The second-order valence-electron chi connectivity index (χ2n) is 6.63. The third kappa shape index (κ3) is 4.07. The molecular weight excluding hydrogens is 449 g/mol. The van der Waals surface area contributed by atoms with E-state index in [2.05, 4.69) is 29.2 Å². The summed E-state index contributed by atoms with van der Waals surface area (Å²) in [6.45, 7) is 0. The molecule has 32 heavy (non-hydrogen) atoms. The largest absolute Gasteiger partial charge is 0.323 e. The lowest BCUT2D eigenvalue weighted by Gasteiger charge is -2.10. The SMILES string of the molecule is O=C(CSc1nnc(-c2ccncc2)n1-c1ccc(F)cc1)Nc1cccc2nsnc12. The van der Waals surface area contributed by atoms with E-state index < -0.39 is 0 Å². The van der Waals surface area contributed by atoms with E-state index in [1.54, 1.807) is 35.2 Å². The number of benzene rings is 2. The van der Waals surface area contributed by atoms with Gasteiger partial charge in [0.2, 0.25) is 5.91 Å². The van der Waals surface area contributed by atoms with Crippen molar-refractivity contribution in [2.24, 2.45) is 0 Å². The van der Waals surface area contributed by atoms with Crippen molar-refractivity contribution in [3.8, 4) is 17.1 Å². The first kappa shape index (κ1) is 20.2. The highest BCUT2D eigenvalue weighted by atomic mass is 32.2. The van der Waals surface area contributed by atoms with Gasteiger partial charge < -0.3 is 5.32 Å². The lowest BCUT2D eigenvalue weighted by atomic mass is 10.2. The number of hydrogen-bond donors (Lipinski definition) is 1. The Morgan fingerprint density at radius 2 is 1.84 bits per heavy atom. The van der Waals surface area contributed by atoms with Crippen molar-refractivity contribution in [2.45, 2.75) is 5.16 Å². The Kier molecular flexibility index (Phi) is 5.57. The Bertz CT molecular complexity index is 1390. The molecule has 3 heterocycles. The molecule has 0 bridgehead atoms. The number of thioether (sulfide) groups is 1. The van der Waals surface area contributed by atoms with Crippen molar-refractivity contribution in [2.75, 3.05) is 11.1 Å². The van der Waals surface area contributed by atoms with Crippen molar-refractivity contribution in [3.63, 3.8) is 0 Å². The Balaban J connectivity index is 1.41. The van der Waals surface area contributed by atoms with Crippen molar-refractivity contribution in [1.29, 1.82) is 0 Å². The zero-order chi connectivity index (χ0) is 21.9. The average molecular weight is 464 g/mol. The van der Waals surface area contributed by atoms with Gasteiger partial charge in [0.15, 0.2) is 11.0 Å². The van der Waals surface area contributed by atoms with Crippen LogP contribution >= 0.6 is 23.5 Å². The van der Waals surface area contributed by atoms with Gasteiger partial charge in [-0.1, -0.05) is 17.8 Å². The maximum atomic E-state index is 13.5. The maximum Gasteiger partial charge on any atom is 0.234 e. The summed E-state index contributed by atoms with van der Waals surface area (Å²) in [5.41, 5.74) is 3.49. The fourth-order valence-corrected chi connectivity index (χ4v) is 4.40. The van der Waals surface area contributed by atoms with Crippen molar-refractivity contribution < 1.29 is 9.18 Å². The first-order chi connectivity index (χ1) is 15.7. The molecule has 0 spiro atoms. The van der Waals surface area contributed by atoms with Gasteiger partial charge >= 0.3 is 0 Å². The molecule has 0 fully saturated rings. The van der Waals surface area contributed by atoms with Gasteiger partial charge in [0.05, 0.1) is 23.2 Å². The van der Waals surface area contributed by atoms with E-state index in [1.807, 2.05) is 24.3 Å². The summed E-state index contributed by atoms with van der Waals surface area (Å²) in [6.07, 6.45) is 3.32. The topological polar surface area (TPSA) is 98.5 Å². The third-order valence-electron chi connectivity index (χ3n) is 4.55. The fraction of sp³-hybridized carbons (Fsp3) is 0.0476. The molecular formula is C21H14FN7OS2. The minimum atomic E-state index is -0.341. The van der Waals surface area contributed by atoms with Gasteiger partial charge in [-0.2, -0.15) is 8.75 Å². The Morgan fingerprint density at radius 1 is 1.03 bits per heavy atom. The van der Waals surface area contributed by atoms with Gasteiger partial charge in [0, 0.05) is 23.6 Å². The number of carbonyl (C=O) groups is 1. The first-order valence-electron chi connectivity index (χ1n) is 9.45. The molecule has 8 nitrogen and oxygen atoms in total. The van der Waals surface area contributed by atoms with Crippen LogP contribution in [0.5, 0.6) is 0 Å². The molecule has 0 radical (unpaired) electrons. The minimum Gasteiger partial charge on any atom is -0.323 e. The number of carbonyl (C=O) groups excluding carboxylic acids is 1. The molecule has 1 N–H and O–H groups in total. The number of pyridine rings is 1. The zero-order valence-corrected chi connectivity index (χ0v) is 18.0. The van der Waals surface area contributed by atoms with Crippen LogP contribution in [0, 0.1) is 5.82 Å².